The number of carbonyl (C=O) groups excluding carboxylic acids is 1. The average Bonchev–Trinajstić information content (AvgIpc) is 3.25. The predicted molar refractivity (Wildman–Crippen MR) is 113 cm³/mol. The van der Waals surface area contributed by atoms with Crippen molar-refractivity contribution in [2.24, 2.45) is 17.6 Å². The van der Waals surface area contributed by atoms with Gasteiger partial charge in [0, 0.05) is 37.8 Å². The molecule has 2 aromatic carbocycles. The summed E-state index contributed by atoms with van der Waals surface area (Å²) >= 11 is 0. The highest BCUT2D eigenvalue weighted by molar-refractivity contribution is 5.95. The molecule has 2 aromatic rings. The van der Waals surface area contributed by atoms with Crippen molar-refractivity contribution >= 4 is 5.91 Å². The number of benzene rings is 2. The minimum atomic E-state index is 0.101. The van der Waals surface area contributed by atoms with Crippen molar-refractivity contribution in [2.45, 2.75) is 26.3 Å². The highest BCUT2D eigenvalue weighted by atomic mass is 16.2. The normalized spacial score (nSPS) is 23.0. The highest BCUT2D eigenvalue weighted by Gasteiger charge is 2.41. The Kier molecular flexibility index (Phi) is 5.51. The smallest absolute Gasteiger partial charge is 0.254 e. The fourth-order valence-electron chi connectivity index (χ4n) is 4.85. The molecule has 0 radical (unpaired) electrons. The minimum Gasteiger partial charge on any atom is -0.338 e. The van der Waals surface area contributed by atoms with Gasteiger partial charge in [-0.1, -0.05) is 48.0 Å². The topological polar surface area (TPSA) is 49.6 Å². The summed E-state index contributed by atoms with van der Waals surface area (Å²) in [6, 6.07) is 16.6. The fraction of sp³-hybridized carbons (Fsp3) is 0.458. The van der Waals surface area contributed by atoms with Crippen LogP contribution in [0.15, 0.2) is 48.5 Å². The minimum absolute atomic E-state index is 0.101. The van der Waals surface area contributed by atoms with Gasteiger partial charge >= 0.3 is 0 Å². The molecule has 4 heteroatoms. The first-order valence-corrected chi connectivity index (χ1v) is 10.4. The molecule has 0 bridgehead atoms. The molecule has 2 saturated heterocycles. The van der Waals surface area contributed by atoms with Crippen LogP contribution in [0.3, 0.4) is 0 Å². The largest absolute Gasteiger partial charge is 0.338 e. The lowest BCUT2D eigenvalue weighted by atomic mass is 10.0. The molecule has 3 atom stereocenters. The van der Waals surface area contributed by atoms with Gasteiger partial charge in [-0.15, -0.1) is 0 Å². The summed E-state index contributed by atoms with van der Waals surface area (Å²) in [5, 5.41) is 0. The van der Waals surface area contributed by atoms with Crippen molar-refractivity contribution < 1.29 is 4.79 Å². The van der Waals surface area contributed by atoms with Gasteiger partial charge < -0.3 is 15.5 Å². The van der Waals surface area contributed by atoms with Gasteiger partial charge in [0.25, 0.3) is 5.91 Å². The van der Waals surface area contributed by atoms with Gasteiger partial charge in [-0.25, -0.2) is 0 Å². The second-order valence-corrected chi connectivity index (χ2v) is 8.61. The van der Waals surface area contributed by atoms with E-state index in [1.54, 1.807) is 0 Å². The number of hydrogen-bond acceptors (Lipinski definition) is 3. The van der Waals surface area contributed by atoms with Crippen LogP contribution in [0.1, 0.15) is 39.5 Å². The molecule has 4 rings (SSSR count). The molecule has 0 aromatic heterocycles. The molecular formula is C24H31N3O. The van der Waals surface area contributed by atoms with Gasteiger partial charge in [0.2, 0.25) is 0 Å². The molecule has 2 aliphatic rings. The third-order valence-corrected chi connectivity index (χ3v) is 6.45. The number of likely N-dealkylation sites (tertiary alicyclic amines) is 2. The first kappa shape index (κ1) is 19.2. The van der Waals surface area contributed by atoms with E-state index in [-0.39, 0.29) is 11.9 Å². The van der Waals surface area contributed by atoms with E-state index >= 15 is 0 Å². The Morgan fingerprint density at radius 3 is 2.36 bits per heavy atom. The zero-order chi connectivity index (χ0) is 19.7. The fourth-order valence-corrected chi connectivity index (χ4v) is 4.85. The number of carbonyl (C=O) groups is 1. The molecule has 2 unspecified atom stereocenters. The van der Waals surface area contributed by atoms with Crippen LogP contribution < -0.4 is 5.73 Å². The third-order valence-electron chi connectivity index (χ3n) is 6.45. The number of aryl methyl sites for hydroxylation is 2. The standard InChI is InChI=1S/C24H31N3O/c1-17-8-9-22(18(2)12-17)24(28)27-15-20-13-26(14-21(20)16-27)11-10-23(25)19-6-4-3-5-7-19/h3-9,12,20-21,23H,10-11,13-16,25H2,1-2H3/t20?,21?,23-/m0/s1. The molecule has 1 amide bonds. The Labute approximate surface area is 168 Å². The van der Waals surface area contributed by atoms with Crippen molar-refractivity contribution in [3.05, 3.63) is 70.8 Å². The van der Waals surface area contributed by atoms with Crippen LogP contribution >= 0.6 is 0 Å². The first-order valence-electron chi connectivity index (χ1n) is 10.4. The molecule has 2 heterocycles. The molecule has 2 aliphatic heterocycles. The van der Waals surface area contributed by atoms with Crippen LogP contribution in [0.5, 0.6) is 0 Å². The van der Waals surface area contributed by atoms with E-state index in [0.717, 1.165) is 50.3 Å². The lowest BCUT2D eigenvalue weighted by Crippen LogP contribution is -2.34. The number of nitrogens with two attached hydrogens (primary N) is 1. The molecular weight excluding hydrogens is 346 g/mol. The van der Waals surface area contributed by atoms with Gasteiger partial charge in [-0.2, -0.15) is 0 Å². The van der Waals surface area contributed by atoms with Crippen molar-refractivity contribution in [3.63, 3.8) is 0 Å². The van der Waals surface area contributed by atoms with Gasteiger partial charge in [0.15, 0.2) is 0 Å². The SMILES string of the molecule is Cc1ccc(C(=O)N2CC3CN(CC[C@H](N)c4ccccc4)CC3C2)c(C)c1. The van der Waals surface area contributed by atoms with Gasteiger partial charge in [0.1, 0.15) is 0 Å². The second kappa shape index (κ2) is 8.06. The molecule has 28 heavy (non-hydrogen) atoms. The maximum absolute atomic E-state index is 13.0. The van der Waals surface area contributed by atoms with E-state index in [0.29, 0.717) is 11.8 Å². The monoisotopic (exact) mass is 377 g/mol. The molecule has 2 N–H and O–H groups in total. The molecule has 0 saturated carbocycles. The molecule has 148 valence electrons. The second-order valence-electron chi connectivity index (χ2n) is 8.61. The summed E-state index contributed by atoms with van der Waals surface area (Å²) in [4.78, 5) is 17.6. The Balaban J connectivity index is 1.29. The van der Waals surface area contributed by atoms with Gasteiger partial charge in [0.05, 0.1) is 0 Å². The van der Waals surface area contributed by atoms with Crippen LogP contribution in [0.2, 0.25) is 0 Å². The molecule has 2 fully saturated rings. The Hall–Kier alpha value is -2.17. The summed E-state index contributed by atoms with van der Waals surface area (Å²) in [5.41, 5.74) is 10.7. The summed E-state index contributed by atoms with van der Waals surface area (Å²) in [5.74, 6) is 1.40. The van der Waals surface area contributed by atoms with Crippen molar-refractivity contribution in [1.82, 2.24) is 9.80 Å². The van der Waals surface area contributed by atoms with E-state index in [2.05, 4.69) is 47.1 Å². The molecule has 0 spiro atoms. The van der Waals surface area contributed by atoms with Crippen molar-refractivity contribution in [1.29, 1.82) is 0 Å². The van der Waals surface area contributed by atoms with Crippen LogP contribution in [-0.2, 0) is 0 Å². The summed E-state index contributed by atoms with van der Waals surface area (Å²) in [7, 11) is 0. The summed E-state index contributed by atoms with van der Waals surface area (Å²) in [6.45, 7) is 9.09. The van der Waals surface area contributed by atoms with Gasteiger partial charge in [-0.05, 0) is 55.8 Å². The first-order chi connectivity index (χ1) is 13.5. The quantitative estimate of drug-likeness (QED) is 0.869. The third kappa shape index (κ3) is 3.98. The summed E-state index contributed by atoms with van der Waals surface area (Å²) in [6.07, 6.45) is 0.981. The van der Waals surface area contributed by atoms with Crippen LogP contribution in [0, 0.1) is 25.7 Å². The lowest BCUT2D eigenvalue weighted by molar-refractivity contribution is 0.0773. The maximum Gasteiger partial charge on any atom is 0.254 e. The van der Waals surface area contributed by atoms with Crippen LogP contribution in [0.25, 0.3) is 0 Å². The lowest BCUT2D eigenvalue weighted by Gasteiger charge is -2.23. The van der Waals surface area contributed by atoms with E-state index in [4.69, 9.17) is 5.73 Å². The van der Waals surface area contributed by atoms with E-state index < -0.39 is 0 Å². The van der Waals surface area contributed by atoms with E-state index in [9.17, 15) is 4.79 Å². The van der Waals surface area contributed by atoms with Crippen molar-refractivity contribution in [2.75, 3.05) is 32.7 Å². The van der Waals surface area contributed by atoms with E-state index in [1.807, 2.05) is 25.1 Å². The van der Waals surface area contributed by atoms with E-state index in [1.165, 1.54) is 11.1 Å². The Morgan fingerprint density at radius 1 is 1.04 bits per heavy atom. The molecule has 0 aliphatic carbocycles. The van der Waals surface area contributed by atoms with Crippen LogP contribution in [0.4, 0.5) is 0 Å². The van der Waals surface area contributed by atoms with Crippen molar-refractivity contribution in [3.8, 4) is 0 Å². The zero-order valence-corrected chi connectivity index (χ0v) is 17.0. The predicted octanol–water partition coefficient (Wildman–Crippen LogP) is 3.40. The highest BCUT2D eigenvalue weighted by Crippen LogP contribution is 2.32. The number of hydrogen-bond donors (Lipinski definition) is 1. The number of rotatable bonds is 5. The Bertz CT molecular complexity index is 821. The number of amides is 1. The number of fused-ring (bicyclic) bond motifs is 1. The van der Waals surface area contributed by atoms with Gasteiger partial charge in [-0.3, -0.25) is 4.79 Å². The van der Waals surface area contributed by atoms with Crippen LogP contribution in [-0.4, -0.2) is 48.4 Å². The number of nitrogens with zero attached hydrogens (tertiary/aromatic N) is 2. The Morgan fingerprint density at radius 2 is 1.71 bits per heavy atom. The zero-order valence-electron chi connectivity index (χ0n) is 17.0. The summed E-state index contributed by atoms with van der Waals surface area (Å²) < 4.78 is 0. The molecule has 4 nitrogen and oxygen atoms in total. The maximum atomic E-state index is 13.0. The average molecular weight is 378 g/mol.